The molecule has 0 bridgehead atoms. The van der Waals surface area contributed by atoms with Gasteiger partial charge >= 0.3 is 6.85 Å². The first-order valence-electron chi connectivity index (χ1n) is 25.1. The molecule has 0 unspecified atom stereocenters. The number of para-hydroxylation sites is 2. The second kappa shape index (κ2) is 13.9. The Morgan fingerprint density at radius 3 is 1.63 bits per heavy atom. The van der Waals surface area contributed by atoms with Crippen LogP contribution in [0.2, 0.25) is 0 Å². The van der Waals surface area contributed by atoms with Gasteiger partial charge in [0.05, 0.1) is 0 Å². The van der Waals surface area contributed by atoms with Gasteiger partial charge < -0.3 is 9.71 Å². The van der Waals surface area contributed by atoms with Crippen LogP contribution in [0.15, 0.2) is 164 Å². The van der Waals surface area contributed by atoms with Gasteiger partial charge in [0, 0.05) is 44.8 Å². The second-order valence-corrected chi connectivity index (χ2v) is 27.0. The van der Waals surface area contributed by atoms with Gasteiger partial charge in [-0.15, -0.1) is 0 Å². The second-order valence-electron chi connectivity index (χ2n) is 23.3. The third kappa shape index (κ3) is 5.30. The van der Waals surface area contributed by atoms with E-state index in [0.29, 0.717) is 0 Å². The lowest BCUT2D eigenvalue weighted by molar-refractivity contribution is 0.332. The Labute approximate surface area is 405 Å². The molecule has 0 fully saturated rings. The van der Waals surface area contributed by atoms with E-state index in [1.54, 1.807) is 0 Å². The van der Waals surface area contributed by atoms with Crippen LogP contribution < -0.4 is 41.4 Å². The van der Waals surface area contributed by atoms with E-state index in [-0.39, 0.29) is 28.5 Å². The number of nitrogens with zero attached hydrogens (tertiary/aromatic N) is 2. The third-order valence-corrected chi connectivity index (χ3v) is 22.6. The van der Waals surface area contributed by atoms with E-state index < -0.39 is 8.07 Å². The molecule has 0 radical (unpaired) electrons. The molecule has 3 heterocycles. The molecule has 0 N–H and O–H groups in total. The maximum Gasteiger partial charge on any atom is 0.333 e. The Balaban J connectivity index is 1.19. The van der Waals surface area contributed by atoms with E-state index in [4.69, 9.17) is 0 Å². The van der Waals surface area contributed by atoms with Crippen molar-refractivity contribution in [2.45, 2.75) is 104 Å². The summed E-state index contributed by atoms with van der Waals surface area (Å²) in [6.45, 7) is 24.4. The smallest absolute Gasteiger partial charge is 0.333 e. The lowest BCUT2D eigenvalue weighted by Gasteiger charge is -2.53. The summed E-state index contributed by atoms with van der Waals surface area (Å²) in [4.78, 5) is 5.55. The fraction of sp³-hybridized carbons (Fsp3) is 0.250. The molecule has 0 saturated carbocycles. The average molecular weight is 897 g/mol. The zero-order chi connectivity index (χ0) is 46.9. The first-order valence-corrected chi connectivity index (χ1v) is 27.1. The molecule has 68 heavy (non-hydrogen) atoms. The number of rotatable bonds is 3. The van der Waals surface area contributed by atoms with Crippen LogP contribution in [0.4, 0.5) is 28.4 Å². The van der Waals surface area contributed by atoms with Gasteiger partial charge in [-0.25, -0.2) is 0 Å². The maximum atomic E-state index is 2.82. The van der Waals surface area contributed by atoms with Gasteiger partial charge in [0.25, 0.3) is 0 Å². The molecule has 8 aromatic carbocycles. The van der Waals surface area contributed by atoms with Crippen molar-refractivity contribution in [1.82, 2.24) is 0 Å². The minimum absolute atomic E-state index is 0.0623. The minimum atomic E-state index is -2.87. The summed E-state index contributed by atoms with van der Waals surface area (Å²) in [6.07, 6.45) is 2.37. The molecule has 2 aliphatic carbocycles. The van der Waals surface area contributed by atoms with Crippen LogP contribution >= 0.6 is 0 Å². The van der Waals surface area contributed by atoms with Crippen molar-refractivity contribution < 1.29 is 0 Å². The number of aryl methyl sites for hydroxylation is 2. The van der Waals surface area contributed by atoms with Crippen molar-refractivity contribution in [3.8, 4) is 11.1 Å². The fourth-order valence-corrected chi connectivity index (χ4v) is 19.3. The minimum Gasteiger partial charge on any atom is -0.376 e. The SMILES string of the molecule is Cc1cc2c3c(c1)N(c1cc4c(cc1C)C(C)(C)CCC4(C)C)c1cc4c(cc1B3N1c3ccccc3[Si](c3ccccc3)(c3ccccc3)c3cccc-2c31)C(C)(C)c1ccccc1C4(C)C. The Bertz CT molecular complexity index is 3410. The van der Waals surface area contributed by atoms with E-state index in [1.807, 2.05) is 0 Å². The molecule has 2 nitrogen and oxygen atoms in total. The third-order valence-electron chi connectivity index (χ3n) is 17.8. The highest BCUT2D eigenvalue weighted by Gasteiger charge is 2.56. The zero-order valence-corrected chi connectivity index (χ0v) is 42.5. The summed E-state index contributed by atoms with van der Waals surface area (Å²) in [6, 6.07) is 64.7. The molecular formula is C64H61BN2Si. The molecule has 5 aliphatic rings. The number of benzene rings is 8. The highest BCUT2D eigenvalue weighted by molar-refractivity contribution is 7.22. The Hall–Kier alpha value is -6.36. The van der Waals surface area contributed by atoms with Gasteiger partial charge in [-0.05, 0) is 144 Å². The van der Waals surface area contributed by atoms with Crippen LogP contribution in [0.5, 0.6) is 0 Å². The maximum absolute atomic E-state index is 2.87. The molecule has 0 aromatic heterocycles. The quantitative estimate of drug-likeness (QED) is 0.163. The molecule has 0 saturated heterocycles. The largest absolute Gasteiger partial charge is 0.376 e. The van der Waals surface area contributed by atoms with E-state index >= 15 is 0 Å². The predicted molar refractivity (Wildman–Crippen MR) is 293 cm³/mol. The first kappa shape index (κ1) is 41.8. The Morgan fingerprint density at radius 2 is 0.985 bits per heavy atom. The van der Waals surface area contributed by atoms with Crippen LogP contribution in [0.3, 0.4) is 0 Å². The van der Waals surface area contributed by atoms with E-state index in [1.165, 1.54) is 129 Å². The number of hydrogen-bond acceptors (Lipinski definition) is 2. The van der Waals surface area contributed by atoms with Crippen LogP contribution in [0.1, 0.15) is 113 Å². The van der Waals surface area contributed by atoms with Crippen LogP contribution in [0.25, 0.3) is 11.1 Å². The van der Waals surface area contributed by atoms with Crippen molar-refractivity contribution in [1.29, 1.82) is 0 Å². The summed E-state index contributed by atoms with van der Waals surface area (Å²) in [5, 5.41) is 5.76. The summed E-state index contributed by atoms with van der Waals surface area (Å²) >= 11 is 0. The van der Waals surface area contributed by atoms with Gasteiger partial charge in [-0.3, -0.25) is 0 Å². The molecule has 0 atom stereocenters. The summed E-state index contributed by atoms with van der Waals surface area (Å²) in [5.41, 5.74) is 23.2. The lowest BCUT2D eigenvalue weighted by atomic mass is 9.42. The summed E-state index contributed by atoms with van der Waals surface area (Å²) < 4.78 is 0. The Kier molecular flexibility index (Phi) is 8.54. The van der Waals surface area contributed by atoms with E-state index in [2.05, 4.69) is 243 Å². The molecule has 8 aromatic rings. The van der Waals surface area contributed by atoms with Crippen molar-refractivity contribution in [3.63, 3.8) is 0 Å². The van der Waals surface area contributed by atoms with E-state index in [9.17, 15) is 0 Å². The molecule has 4 heteroatoms. The van der Waals surface area contributed by atoms with Gasteiger partial charge in [-0.2, -0.15) is 0 Å². The fourth-order valence-electron chi connectivity index (χ4n) is 14.2. The number of anilines is 5. The Morgan fingerprint density at radius 1 is 0.441 bits per heavy atom. The van der Waals surface area contributed by atoms with Crippen molar-refractivity contribution in [3.05, 3.63) is 208 Å². The monoisotopic (exact) mass is 896 g/mol. The van der Waals surface area contributed by atoms with Crippen LogP contribution in [-0.4, -0.2) is 14.9 Å². The van der Waals surface area contributed by atoms with Crippen LogP contribution in [-0.2, 0) is 21.7 Å². The van der Waals surface area contributed by atoms with Gasteiger partial charge in [-0.1, -0.05) is 195 Å². The summed E-state index contributed by atoms with van der Waals surface area (Å²) in [5.74, 6) is 0. The molecular weight excluding hydrogens is 836 g/mol. The zero-order valence-electron chi connectivity index (χ0n) is 41.5. The van der Waals surface area contributed by atoms with Crippen molar-refractivity contribution in [2.75, 3.05) is 9.71 Å². The molecule has 0 amide bonds. The molecule has 334 valence electrons. The first-order chi connectivity index (χ1) is 32.6. The normalized spacial score (nSPS) is 18.5. The van der Waals surface area contributed by atoms with Gasteiger partial charge in [0.2, 0.25) is 0 Å². The van der Waals surface area contributed by atoms with Gasteiger partial charge in [0.15, 0.2) is 8.07 Å². The topological polar surface area (TPSA) is 6.48 Å². The summed E-state index contributed by atoms with van der Waals surface area (Å²) in [7, 11) is -2.87. The molecule has 0 spiro atoms. The standard InChI is InChI=1S/C64H61BN2Si/c1-40-34-45-44-26-21-31-58-60(44)67(53-29-19-20-30-57(53)68(58,42-22-13-11-14-23-42)43-24-15-12-16-25-43)65-52-37-50-51(64(9,10)47-28-18-17-27-46(47)63(50,7)8)39-55(52)66(56(35-40)59(45)65)54-38-49-48(36-41(54)2)61(3,4)32-33-62(49,5)6/h11-31,34-39H,32-33H2,1-10H3. The predicted octanol–water partition coefficient (Wildman–Crippen LogP) is 12.0. The van der Waals surface area contributed by atoms with Crippen LogP contribution in [0, 0.1) is 13.8 Å². The highest BCUT2D eigenvalue weighted by atomic mass is 28.3. The lowest BCUT2D eigenvalue weighted by Crippen LogP contribution is -2.79. The average Bonchev–Trinajstić information content (AvgIpc) is 3.33. The highest BCUT2D eigenvalue weighted by Crippen LogP contribution is 2.55. The van der Waals surface area contributed by atoms with Gasteiger partial charge in [0.1, 0.15) is 0 Å². The number of hydrogen-bond donors (Lipinski definition) is 0. The molecule has 3 aliphatic heterocycles. The van der Waals surface area contributed by atoms with Crippen molar-refractivity contribution >= 4 is 75.0 Å². The van der Waals surface area contributed by atoms with Crippen molar-refractivity contribution in [2.24, 2.45) is 0 Å². The molecule has 13 rings (SSSR count). The number of fused-ring (bicyclic) bond motifs is 9. The van der Waals surface area contributed by atoms with E-state index in [0.717, 1.165) is 0 Å².